The highest BCUT2D eigenvalue weighted by molar-refractivity contribution is 5.93. The van der Waals surface area contributed by atoms with Crippen LogP contribution in [0.15, 0.2) is 48.5 Å². The third kappa shape index (κ3) is 4.58. The van der Waals surface area contributed by atoms with Gasteiger partial charge in [0.2, 0.25) is 11.8 Å². The Morgan fingerprint density at radius 1 is 1.04 bits per heavy atom. The third-order valence-corrected chi connectivity index (χ3v) is 5.61. The maximum atomic E-state index is 13.1. The van der Waals surface area contributed by atoms with Gasteiger partial charge >= 0.3 is 0 Å². The van der Waals surface area contributed by atoms with E-state index >= 15 is 0 Å². The number of nitrogens with zero attached hydrogens (tertiary/aromatic N) is 1. The summed E-state index contributed by atoms with van der Waals surface area (Å²) in [7, 11) is 0. The number of likely N-dealkylation sites (tertiary alicyclic amines) is 1. The van der Waals surface area contributed by atoms with Crippen LogP contribution in [0.3, 0.4) is 0 Å². The summed E-state index contributed by atoms with van der Waals surface area (Å²) < 4.78 is 13.1. The van der Waals surface area contributed by atoms with Crippen molar-refractivity contribution in [1.29, 1.82) is 0 Å². The molecule has 28 heavy (non-hydrogen) atoms. The Hall–Kier alpha value is -2.69. The molecule has 1 saturated heterocycles. The van der Waals surface area contributed by atoms with Gasteiger partial charge in [-0.1, -0.05) is 24.3 Å². The monoisotopic (exact) mass is 380 g/mol. The molecule has 1 saturated carbocycles. The highest BCUT2D eigenvalue weighted by Crippen LogP contribution is 2.33. The molecule has 1 atom stereocenters. The van der Waals surface area contributed by atoms with Crippen molar-refractivity contribution in [2.45, 2.75) is 32.1 Å². The fourth-order valence-corrected chi connectivity index (χ4v) is 3.78. The predicted molar refractivity (Wildman–Crippen MR) is 107 cm³/mol. The average Bonchev–Trinajstić information content (AvgIpc) is 3.53. The van der Waals surface area contributed by atoms with Crippen molar-refractivity contribution in [2.24, 2.45) is 11.8 Å². The van der Waals surface area contributed by atoms with Gasteiger partial charge in [-0.15, -0.1) is 0 Å². The van der Waals surface area contributed by atoms with Crippen molar-refractivity contribution in [2.75, 3.05) is 18.4 Å². The molecule has 2 aliphatic rings. The fraction of sp³-hybridized carbons (Fsp3) is 0.391. The number of halogens is 1. The number of amides is 2. The van der Waals surface area contributed by atoms with E-state index in [1.54, 1.807) is 12.1 Å². The van der Waals surface area contributed by atoms with Gasteiger partial charge < -0.3 is 10.2 Å². The Kier molecular flexibility index (Phi) is 5.42. The molecule has 1 heterocycles. The van der Waals surface area contributed by atoms with Gasteiger partial charge in [-0.3, -0.25) is 9.59 Å². The molecule has 0 aromatic heterocycles. The van der Waals surface area contributed by atoms with E-state index in [4.69, 9.17) is 0 Å². The van der Waals surface area contributed by atoms with E-state index in [0.29, 0.717) is 24.6 Å². The zero-order valence-electron chi connectivity index (χ0n) is 15.9. The smallest absolute Gasteiger partial charge is 0.229 e. The van der Waals surface area contributed by atoms with Crippen molar-refractivity contribution in [3.05, 3.63) is 54.3 Å². The van der Waals surface area contributed by atoms with Crippen LogP contribution in [-0.4, -0.2) is 29.8 Å². The molecule has 0 unspecified atom stereocenters. The number of nitrogens with one attached hydrogen (secondary N) is 1. The Bertz CT molecular complexity index is 861. The summed E-state index contributed by atoms with van der Waals surface area (Å²) in [5, 5.41) is 2.99. The second-order valence-electron chi connectivity index (χ2n) is 7.90. The number of carbonyl (C=O) groups is 2. The zero-order valence-corrected chi connectivity index (χ0v) is 15.9. The molecule has 2 amide bonds. The van der Waals surface area contributed by atoms with Crippen LogP contribution in [0, 0.1) is 17.7 Å². The lowest BCUT2D eigenvalue weighted by molar-refractivity contribution is -0.134. The minimum absolute atomic E-state index is 0.0415. The highest BCUT2D eigenvalue weighted by Gasteiger charge is 2.31. The first-order valence-corrected chi connectivity index (χ1v) is 10.0. The van der Waals surface area contributed by atoms with E-state index in [-0.39, 0.29) is 23.5 Å². The average molecular weight is 380 g/mol. The van der Waals surface area contributed by atoms with E-state index in [1.807, 2.05) is 29.2 Å². The second-order valence-corrected chi connectivity index (χ2v) is 7.90. The molecule has 4 nitrogen and oxygen atoms in total. The number of benzene rings is 2. The van der Waals surface area contributed by atoms with E-state index in [2.05, 4.69) is 5.32 Å². The van der Waals surface area contributed by atoms with Crippen molar-refractivity contribution >= 4 is 17.5 Å². The normalized spacial score (nSPS) is 19.3. The summed E-state index contributed by atoms with van der Waals surface area (Å²) in [6.07, 6.45) is 4.62. The molecule has 5 heteroatoms. The molecular weight excluding hydrogens is 355 g/mol. The number of rotatable bonds is 5. The standard InChI is InChI=1S/C23H25FN2O2/c24-20-10-8-17(9-11-20)18-3-1-5-21(14-18)25-23(28)19-4-2-12-26(15-19)22(27)13-16-6-7-16/h1,3,5,8-11,14,16,19H,2,4,6-7,12-13,15H2,(H,25,28)/t19-/m1/s1. The molecule has 146 valence electrons. The molecule has 2 aromatic carbocycles. The molecule has 2 aromatic rings. The lowest BCUT2D eigenvalue weighted by atomic mass is 9.96. The molecular formula is C23H25FN2O2. The Morgan fingerprint density at radius 2 is 1.82 bits per heavy atom. The molecule has 0 spiro atoms. The molecule has 0 bridgehead atoms. The summed E-state index contributed by atoms with van der Waals surface area (Å²) in [5.74, 6) is 0.270. The maximum Gasteiger partial charge on any atom is 0.229 e. The van der Waals surface area contributed by atoms with Crippen LogP contribution in [0.2, 0.25) is 0 Å². The summed E-state index contributed by atoms with van der Waals surface area (Å²) >= 11 is 0. The topological polar surface area (TPSA) is 49.4 Å². The van der Waals surface area contributed by atoms with Crippen molar-refractivity contribution in [3.63, 3.8) is 0 Å². The molecule has 1 aliphatic carbocycles. The number of hydrogen-bond acceptors (Lipinski definition) is 2. The summed E-state index contributed by atoms with van der Waals surface area (Å²) in [5.41, 5.74) is 2.53. The quantitative estimate of drug-likeness (QED) is 0.832. The van der Waals surface area contributed by atoms with Crippen molar-refractivity contribution in [1.82, 2.24) is 4.90 Å². The highest BCUT2D eigenvalue weighted by atomic mass is 19.1. The minimum Gasteiger partial charge on any atom is -0.342 e. The zero-order chi connectivity index (χ0) is 19.5. The molecule has 2 fully saturated rings. The number of carbonyl (C=O) groups excluding carboxylic acids is 2. The van der Waals surface area contributed by atoms with Crippen LogP contribution in [0.4, 0.5) is 10.1 Å². The molecule has 1 aliphatic heterocycles. The SMILES string of the molecule is O=C(Nc1cccc(-c2ccc(F)cc2)c1)[C@@H]1CCCN(C(=O)CC2CC2)C1. The van der Waals surface area contributed by atoms with Crippen molar-refractivity contribution in [3.8, 4) is 11.1 Å². The van der Waals surface area contributed by atoms with Gasteiger partial charge in [0.1, 0.15) is 5.82 Å². The predicted octanol–water partition coefficient (Wildman–Crippen LogP) is 4.47. The van der Waals surface area contributed by atoms with E-state index in [9.17, 15) is 14.0 Å². The lowest BCUT2D eigenvalue weighted by Gasteiger charge is -2.32. The lowest BCUT2D eigenvalue weighted by Crippen LogP contribution is -2.43. The van der Waals surface area contributed by atoms with Crippen LogP contribution < -0.4 is 5.32 Å². The van der Waals surface area contributed by atoms with Crippen LogP contribution in [0.1, 0.15) is 32.1 Å². The van der Waals surface area contributed by atoms with E-state index in [1.165, 1.54) is 12.1 Å². The Morgan fingerprint density at radius 3 is 2.57 bits per heavy atom. The van der Waals surface area contributed by atoms with E-state index in [0.717, 1.165) is 43.4 Å². The van der Waals surface area contributed by atoms with Gasteiger partial charge in [-0.2, -0.15) is 0 Å². The summed E-state index contributed by atoms with van der Waals surface area (Å²) in [4.78, 5) is 27.0. The van der Waals surface area contributed by atoms with Gasteiger partial charge in [-0.05, 0) is 67.0 Å². The Balaban J connectivity index is 1.39. The van der Waals surface area contributed by atoms with Crippen LogP contribution in [0.5, 0.6) is 0 Å². The first-order chi connectivity index (χ1) is 13.6. The number of hydrogen-bond donors (Lipinski definition) is 1. The van der Waals surface area contributed by atoms with Gasteiger partial charge in [0.15, 0.2) is 0 Å². The van der Waals surface area contributed by atoms with Gasteiger partial charge in [0.05, 0.1) is 5.92 Å². The third-order valence-electron chi connectivity index (χ3n) is 5.61. The van der Waals surface area contributed by atoms with Gasteiger partial charge in [-0.25, -0.2) is 4.39 Å². The molecule has 1 N–H and O–H groups in total. The van der Waals surface area contributed by atoms with Gasteiger partial charge in [0, 0.05) is 25.2 Å². The summed E-state index contributed by atoms with van der Waals surface area (Å²) in [6, 6.07) is 13.9. The largest absolute Gasteiger partial charge is 0.342 e. The Labute approximate surface area is 164 Å². The van der Waals surface area contributed by atoms with Crippen LogP contribution in [-0.2, 0) is 9.59 Å². The van der Waals surface area contributed by atoms with Gasteiger partial charge in [0.25, 0.3) is 0 Å². The number of anilines is 1. The van der Waals surface area contributed by atoms with Crippen LogP contribution in [0.25, 0.3) is 11.1 Å². The number of piperidine rings is 1. The summed E-state index contributed by atoms with van der Waals surface area (Å²) in [6.45, 7) is 1.27. The van der Waals surface area contributed by atoms with Crippen LogP contribution >= 0.6 is 0 Å². The maximum absolute atomic E-state index is 13.1. The van der Waals surface area contributed by atoms with Crippen molar-refractivity contribution < 1.29 is 14.0 Å². The molecule has 0 radical (unpaired) electrons. The van der Waals surface area contributed by atoms with E-state index < -0.39 is 0 Å². The molecule has 4 rings (SSSR count). The minimum atomic E-state index is -0.272. The first kappa shape index (κ1) is 18.7. The fourth-order valence-electron chi connectivity index (χ4n) is 3.78. The first-order valence-electron chi connectivity index (χ1n) is 10.0. The second kappa shape index (κ2) is 8.13.